The summed E-state index contributed by atoms with van der Waals surface area (Å²) < 4.78 is 0. The molecule has 1 unspecified atom stereocenters. The van der Waals surface area contributed by atoms with Crippen molar-refractivity contribution in [3.8, 4) is 0 Å². The highest BCUT2D eigenvalue weighted by molar-refractivity contribution is 7.99. The van der Waals surface area contributed by atoms with Crippen molar-refractivity contribution in [2.45, 2.75) is 9.79 Å². The molecule has 0 saturated heterocycles. The van der Waals surface area contributed by atoms with Crippen molar-refractivity contribution in [2.75, 3.05) is 0 Å². The van der Waals surface area contributed by atoms with E-state index in [0.717, 1.165) is 31.6 Å². The van der Waals surface area contributed by atoms with Crippen molar-refractivity contribution < 1.29 is 10.4 Å². The van der Waals surface area contributed by atoms with Crippen LogP contribution in [0.1, 0.15) is 0 Å². The first-order valence-electron chi connectivity index (χ1n) is 7.61. The topological polar surface area (TPSA) is 60.6 Å². The first-order valence-corrected chi connectivity index (χ1v) is 8.80. The molecule has 6 heteroatoms. The van der Waals surface area contributed by atoms with E-state index in [2.05, 4.69) is 0 Å². The average molecular weight is 369 g/mol. The zero-order chi connectivity index (χ0) is 17.4. The van der Waals surface area contributed by atoms with Crippen LogP contribution in [0.3, 0.4) is 0 Å². The second-order valence-corrected chi connectivity index (χ2v) is 7.07. The number of quaternary nitrogens is 1. The maximum atomic E-state index is 11.0. The first-order chi connectivity index (χ1) is 12.1. The molecule has 1 heterocycles. The van der Waals surface area contributed by atoms with Crippen molar-refractivity contribution in [3.63, 3.8) is 0 Å². The average Bonchev–Trinajstić information content (AvgIpc) is 2.61. The lowest BCUT2D eigenvalue weighted by atomic mass is 10.1. The summed E-state index contributed by atoms with van der Waals surface area (Å²) in [5.41, 5.74) is 2.03. The van der Waals surface area contributed by atoms with E-state index >= 15 is 0 Å². The smallest absolute Gasteiger partial charge is 0.163 e. The fourth-order valence-corrected chi connectivity index (χ4v) is 3.96. The normalized spacial score (nSPS) is 12.6. The van der Waals surface area contributed by atoms with Gasteiger partial charge in [-0.05, 0) is 30.3 Å². The number of pyridine rings is 1. The van der Waals surface area contributed by atoms with Crippen LogP contribution in [-0.2, 0) is 0 Å². The maximum absolute atomic E-state index is 11.0. The van der Waals surface area contributed by atoms with Gasteiger partial charge in [0.05, 0.1) is 11.0 Å². The molecule has 0 aliphatic heterocycles. The zero-order valence-electron chi connectivity index (χ0n) is 12.9. The van der Waals surface area contributed by atoms with Gasteiger partial charge < -0.3 is 5.21 Å². The molecule has 4 rings (SSSR count). The van der Waals surface area contributed by atoms with Crippen molar-refractivity contribution in [1.82, 2.24) is 4.98 Å². The molecule has 3 aromatic carbocycles. The Labute approximate surface area is 153 Å². The molecule has 0 spiro atoms. The van der Waals surface area contributed by atoms with Gasteiger partial charge in [-0.2, -0.15) is 5.23 Å². The third kappa shape index (κ3) is 3.20. The molecular weight excluding hydrogens is 356 g/mol. The van der Waals surface area contributed by atoms with Crippen LogP contribution in [0.15, 0.2) is 76.5 Å². The number of hydrogen-bond acceptors (Lipinski definition) is 4. The molecule has 4 aromatic rings. The molecule has 0 aliphatic carbocycles. The summed E-state index contributed by atoms with van der Waals surface area (Å²) in [5, 5.41) is 21.9. The third-order valence-corrected chi connectivity index (χ3v) is 5.30. The van der Waals surface area contributed by atoms with Gasteiger partial charge in [-0.25, -0.2) is 10.2 Å². The SMILES string of the molecule is [O-][NH+](O)c1ccc(Sc2c3ccccc3nc3cc(Cl)ccc23)cc1. The van der Waals surface area contributed by atoms with E-state index in [0.29, 0.717) is 5.02 Å². The second-order valence-electron chi connectivity index (χ2n) is 5.55. The quantitative estimate of drug-likeness (QED) is 0.410. The highest BCUT2D eigenvalue weighted by Gasteiger charge is 2.11. The molecule has 0 fully saturated rings. The molecule has 0 radical (unpaired) electrons. The lowest BCUT2D eigenvalue weighted by Gasteiger charge is -2.13. The molecule has 0 saturated carbocycles. The summed E-state index contributed by atoms with van der Waals surface area (Å²) in [5.74, 6) is 0. The van der Waals surface area contributed by atoms with Crippen molar-refractivity contribution in [2.24, 2.45) is 0 Å². The van der Waals surface area contributed by atoms with Gasteiger partial charge in [0, 0.05) is 37.7 Å². The van der Waals surface area contributed by atoms with Crippen molar-refractivity contribution in [3.05, 3.63) is 77.0 Å². The number of fused-ring (bicyclic) bond motifs is 2. The predicted octanol–water partition coefficient (Wildman–Crippen LogP) is 4.60. The number of rotatable bonds is 3. The lowest BCUT2D eigenvalue weighted by molar-refractivity contribution is -0.991. The number of aromatic nitrogens is 1. The Kier molecular flexibility index (Phi) is 4.33. The Morgan fingerprint density at radius 2 is 1.64 bits per heavy atom. The first kappa shape index (κ1) is 16.3. The van der Waals surface area contributed by atoms with E-state index in [-0.39, 0.29) is 5.69 Å². The molecule has 0 aliphatic rings. The van der Waals surface area contributed by atoms with E-state index in [4.69, 9.17) is 21.8 Å². The van der Waals surface area contributed by atoms with Crippen LogP contribution in [0.2, 0.25) is 5.02 Å². The molecular formula is C19H13ClN2O2S. The van der Waals surface area contributed by atoms with Crippen LogP contribution < -0.4 is 5.23 Å². The molecule has 25 heavy (non-hydrogen) atoms. The van der Waals surface area contributed by atoms with Crippen LogP contribution >= 0.6 is 23.4 Å². The predicted molar refractivity (Wildman–Crippen MR) is 101 cm³/mol. The Bertz CT molecular complexity index is 1070. The van der Waals surface area contributed by atoms with Gasteiger partial charge in [-0.3, -0.25) is 0 Å². The van der Waals surface area contributed by atoms with E-state index in [1.54, 1.807) is 23.9 Å². The summed E-state index contributed by atoms with van der Waals surface area (Å²) in [7, 11) is 0. The summed E-state index contributed by atoms with van der Waals surface area (Å²) in [6.07, 6.45) is 0. The van der Waals surface area contributed by atoms with Gasteiger partial charge in [-0.15, -0.1) is 0 Å². The summed E-state index contributed by atoms with van der Waals surface area (Å²) in [4.78, 5) is 6.76. The minimum atomic E-state index is -0.925. The van der Waals surface area contributed by atoms with Crippen LogP contribution in [0.5, 0.6) is 0 Å². The van der Waals surface area contributed by atoms with E-state index in [9.17, 15) is 5.21 Å². The Morgan fingerprint density at radius 1 is 0.920 bits per heavy atom. The van der Waals surface area contributed by atoms with Gasteiger partial charge in [0.1, 0.15) is 0 Å². The second kappa shape index (κ2) is 6.63. The highest BCUT2D eigenvalue weighted by Crippen LogP contribution is 2.39. The minimum absolute atomic E-state index is 0.278. The molecule has 2 N–H and O–H groups in total. The largest absolute Gasteiger partial charge is 0.595 e. The van der Waals surface area contributed by atoms with E-state index < -0.39 is 5.23 Å². The summed E-state index contributed by atoms with van der Waals surface area (Å²) in [6, 6.07) is 20.6. The fraction of sp³-hybridized carbons (Fsp3) is 0. The Hall–Kier alpha value is -2.15. The fourth-order valence-electron chi connectivity index (χ4n) is 2.72. The van der Waals surface area contributed by atoms with Gasteiger partial charge in [0.15, 0.2) is 5.69 Å². The summed E-state index contributed by atoms with van der Waals surface area (Å²) >= 11 is 7.72. The zero-order valence-corrected chi connectivity index (χ0v) is 14.5. The number of halogens is 1. The lowest BCUT2D eigenvalue weighted by Crippen LogP contribution is -2.99. The molecule has 4 nitrogen and oxygen atoms in total. The van der Waals surface area contributed by atoms with E-state index in [1.165, 1.54) is 0 Å². The van der Waals surface area contributed by atoms with Crippen LogP contribution in [-0.4, -0.2) is 10.2 Å². The van der Waals surface area contributed by atoms with Crippen molar-refractivity contribution in [1.29, 1.82) is 0 Å². The summed E-state index contributed by atoms with van der Waals surface area (Å²) in [6.45, 7) is 0. The monoisotopic (exact) mass is 368 g/mol. The van der Waals surface area contributed by atoms with E-state index in [1.807, 2.05) is 54.6 Å². The van der Waals surface area contributed by atoms with Gasteiger partial charge in [0.25, 0.3) is 0 Å². The van der Waals surface area contributed by atoms with Crippen molar-refractivity contribution >= 4 is 50.9 Å². The molecule has 0 amide bonds. The van der Waals surface area contributed by atoms with Gasteiger partial charge >= 0.3 is 0 Å². The molecule has 0 bridgehead atoms. The number of nitrogens with zero attached hydrogens (tertiary/aromatic N) is 1. The third-order valence-electron chi connectivity index (χ3n) is 3.92. The maximum Gasteiger partial charge on any atom is 0.163 e. The van der Waals surface area contributed by atoms with Gasteiger partial charge in [-0.1, -0.05) is 47.6 Å². The Morgan fingerprint density at radius 3 is 2.40 bits per heavy atom. The standard InChI is InChI=1S/C19H13ClN2O2S/c20-12-5-10-16-18(11-12)21-17-4-2-1-3-15(17)19(16)25-14-8-6-13(7-9-14)22(23)24/h1-11,22-23H. The van der Waals surface area contributed by atoms with Gasteiger partial charge in [0.2, 0.25) is 0 Å². The van der Waals surface area contributed by atoms with Crippen LogP contribution in [0.4, 0.5) is 5.69 Å². The highest BCUT2D eigenvalue weighted by atomic mass is 35.5. The van der Waals surface area contributed by atoms with Crippen LogP contribution in [0, 0.1) is 5.21 Å². The number of hydrogen-bond donors (Lipinski definition) is 2. The Balaban J connectivity index is 1.88. The molecule has 1 aromatic heterocycles. The minimum Gasteiger partial charge on any atom is -0.595 e. The van der Waals surface area contributed by atoms with Crippen LogP contribution in [0.25, 0.3) is 21.8 Å². The number of nitrogens with one attached hydrogen (secondary N) is 1. The number of benzene rings is 3. The molecule has 124 valence electrons. The molecule has 1 atom stereocenters. The number of para-hydroxylation sites is 1.